The Kier molecular flexibility index (Phi) is 6.10. The van der Waals surface area contributed by atoms with E-state index < -0.39 is 6.10 Å². The van der Waals surface area contributed by atoms with Crippen LogP contribution < -0.4 is 0 Å². The highest BCUT2D eigenvalue weighted by Crippen LogP contribution is 2.31. The van der Waals surface area contributed by atoms with Crippen molar-refractivity contribution >= 4 is 17.7 Å². The van der Waals surface area contributed by atoms with Crippen molar-refractivity contribution in [1.82, 2.24) is 4.90 Å². The predicted molar refractivity (Wildman–Crippen MR) is 97.8 cm³/mol. The topological polar surface area (TPSA) is 40.5 Å². The fourth-order valence-electron chi connectivity index (χ4n) is 3.15. The first kappa shape index (κ1) is 18.0. The van der Waals surface area contributed by atoms with Gasteiger partial charge in [-0.15, -0.1) is 11.8 Å². The maximum Gasteiger partial charge on any atom is 0.232 e. The summed E-state index contributed by atoms with van der Waals surface area (Å²) in [4.78, 5) is 15.1. The number of carbonyl (C=O) groups is 1. The number of benzene rings is 2. The summed E-state index contributed by atoms with van der Waals surface area (Å²) in [6.07, 6.45) is 1.15. The molecule has 1 saturated heterocycles. The number of aliphatic hydroxyl groups excluding tert-OH is 1. The third kappa shape index (κ3) is 4.83. The minimum absolute atomic E-state index is 0.0991. The zero-order valence-electron chi connectivity index (χ0n) is 14.0. The van der Waals surface area contributed by atoms with E-state index in [9.17, 15) is 14.3 Å². The zero-order valence-corrected chi connectivity index (χ0v) is 14.8. The van der Waals surface area contributed by atoms with Crippen LogP contribution in [-0.2, 0) is 4.79 Å². The molecule has 0 bridgehead atoms. The van der Waals surface area contributed by atoms with Gasteiger partial charge in [0.15, 0.2) is 0 Å². The largest absolute Gasteiger partial charge is 0.388 e. The molecule has 1 aliphatic rings. The molecule has 0 saturated carbocycles. The van der Waals surface area contributed by atoms with E-state index in [2.05, 4.69) is 0 Å². The Balaban J connectivity index is 1.46. The van der Waals surface area contributed by atoms with Gasteiger partial charge < -0.3 is 10.0 Å². The molecule has 5 heteroatoms. The zero-order chi connectivity index (χ0) is 17.6. The molecule has 0 aromatic heterocycles. The third-order valence-electron chi connectivity index (χ3n) is 4.66. The van der Waals surface area contributed by atoms with Crippen molar-refractivity contribution in [2.24, 2.45) is 5.92 Å². The highest BCUT2D eigenvalue weighted by Gasteiger charge is 2.28. The second-order valence-electron chi connectivity index (χ2n) is 6.32. The van der Waals surface area contributed by atoms with Crippen LogP contribution in [0, 0.1) is 11.7 Å². The second-order valence-corrected chi connectivity index (χ2v) is 7.37. The molecule has 1 amide bonds. The Morgan fingerprint density at radius 3 is 2.40 bits per heavy atom. The molecular weight excluding hydrogens is 337 g/mol. The smallest absolute Gasteiger partial charge is 0.232 e. The third-order valence-corrected chi connectivity index (χ3v) is 5.65. The molecule has 2 aromatic rings. The van der Waals surface area contributed by atoms with E-state index in [1.165, 1.54) is 23.9 Å². The number of thioether (sulfide) groups is 1. The quantitative estimate of drug-likeness (QED) is 0.824. The van der Waals surface area contributed by atoms with Crippen LogP contribution in [0.5, 0.6) is 0 Å². The first-order valence-corrected chi connectivity index (χ1v) is 9.51. The second kappa shape index (κ2) is 8.50. The number of likely N-dealkylation sites (tertiary alicyclic amines) is 1. The lowest BCUT2D eigenvalue weighted by Crippen LogP contribution is -2.40. The molecule has 0 radical (unpaired) electrons. The van der Waals surface area contributed by atoms with Crippen LogP contribution in [0.15, 0.2) is 59.5 Å². The van der Waals surface area contributed by atoms with E-state index in [0.29, 0.717) is 18.8 Å². The van der Waals surface area contributed by atoms with Crippen LogP contribution in [-0.4, -0.2) is 34.8 Å². The van der Waals surface area contributed by atoms with Crippen molar-refractivity contribution in [3.63, 3.8) is 0 Å². The average Bonchev–Trinajstić information content (AvgIpc) is 2.67. The molecule has 1 N–H and O–H groups in total. The van der Waals surface area contributed by atoms with Gasteiger partial charge in [-0.1, -0.05) is 30.3 Å². The first-order valence-electron chi connectivity index (χ1n) is 8.52. The van der Waals surface area contributed by atoms with Gasteiger partial charge in [-0.05, 0) is 48.6 Å². The van der Waals surface area contributed by atoms with Gasteiger partial charge in [-0.25, -0.2) is 4.39 Å². The molecule has 3 rings (SSSR count). The number of hydrogen-bond donors (Lipinski definition) is 1. The molecule has 1 aliphatic heterocycles. The first-order chi connectivity index (χ1) is 12.1. The van der Waals surface area contributed by atoms with Gasteiger partial charge in [0.05, 0.1) is 11.9 Å². The lowest BCUT2D eigenvalue weighted by Gasteiger charge is -2.34. The molecule has 1 atom stereocenters. The lowest BCUT2D eigenvalue weighted by atomic mass is 9.87. The summed E-state index contributed by atoms with van der Waals surface area (Å²) < 4.78 is 12.9. The fourth-order valence-corrected chi connectivity index (χ4v) is 3.96. The maximum absolute atomic E-state index is 12.9. The summed E-state index contributed by atoms with van der Waals surface area (Å²) in [5.74, 6) is 0.380. The van der Waals surface area contributed by atoms with E-state index in [1.54, 1.807) is 12.1 Å². The molecule has 1 heterocycles. The number of aliphatic hydroxyl groups is 1. The number of piperidine rings is 1. The maximum atomic E-state index is 12.9. The van der Waals surface area contributed by atoms with Crippen molar-refractivity contribution in [3.8, 4) is 0 Å². The van der Waals surface area contributed by atoms with Gasteiger partial charge in [0.2, 0.25) is 5.91 Å². The molecular formula is C20H22FNO2S. The summed E-state index contributed by atoms with van der Waals surface area (Å²) in [6, 6.07) is 15.9. The number of rotatable bonds is 5. The summed E-state index contributed by atoms with van der Waals surface area (Å²) >= 11 is 1.43. The van der Waals surface area contributed by atoms with Crippen molar-refractivity contribution in [3.05, 3.63) is 66.0 Å². The van der Waals surface area contributed by atoms with Crippen LogP contribution in [0.2, 0.25) is 0 Å². The Hall–Kier alpha value is -1.85. The van der Waals surface area contributed by atoms with Crippen molar-refractivity contribution < 1.29 is 14.3 Å². The number of hydrogen-bond acceptors (Lipinski definition) is 3. The summed E-state index contributed by atoms with van der Waals surface area (Å²) in [7, 11) is 0. The number of amides is 1. The number of carbonyl (C=O) groups excluding carboxylic acids is 1. The van der Waals surface area contributed by atoms with Gasteiger partial charge >= 0.3 is 0 Å². The summed E-state index contributed by atoms with van der Waals surface area (Å²) in [5, 5.41) is 10.5. The van der Waals surface area contributed by atoms with Crippen LogP contribution in [0.4, 0.5) is 4.39 Å². The van der Waals surface area contributed by atoms with Gasteiger partial charge in [-0.3, -0.25) is 4.79 Å². The monoisotopic (exact) mass is 359 g/mol. The SMILES string of the molecule is O=C(CSc1ccc(F)cc1)N1CCC(C(O)c2ccccc2)CC1. The fraction of sp³-hybridized carbons (Fsp3) is 0.350. The minimum atomic E-state index is -0.466. The van der Waals surface area contributed by atoms with Gasteiger partial charge in [0.1, 0.15) is 5.82 Å². The molecule has 25 heavy (non-hydrogen) atoms. The molecule has 1 fully saturated rings. The van der Waals surface area contributed by atoms with Gasteiger partial charge in [-0.2, -0.15) is 0 Å². The Labute approximate surface area is 151 Å². The lowest BCUT2D eigenvalue weighted by molar-refractivity contribution is -0.130. The Morgan fingerprint density at radius 2 is 1.76 bits per heavy atom. The molecule has 1 unspecified atom stereocenters. The highest BCUT2D eigenvalue weighted by molar-refractivity contribution is 8.00. The summed E-state index contributed by atoms with van der Waals surface area (Å²) in [5.41, 5.74) is 0.944. The predicted octanol–water partition coefficient (Wildman–Crippen LogP) is 3.89. The van der Waals surface area contributed by atoms with Crippen LogP contribution in [0.25, 0.3) is 0 Å². The number of halogens is 1. The van der Waals surface area contributed by atoms with Crippen molar-refractivity contribution in [1.29, 1.82) is 0 Å². The van der Waals surface area contributed by atoms with Gasteiger partial charge in [0, 0.05) is 18.0 Å². The van der Waals surface area contributed by atoms with E-state index in [4.69, 9.17) is 0 Å². The average molecular weight is 359 g/mol. The molecule has 0 spiro atoms. The van der Waals surface area contributed by atoms with Crippen LogP contribution >= 0.6 is 11.8 Å². The van der Waals surface area contributed by atoms with E-state index >= 15 is 0 Å². The standard InChI is InChI=1S/C20H22FNO2S/c21-17-6-8-18(9-7-17)25-14-19(23)22-12-10-16(11-13-22)20(24)15-4-2-1-3-5-15/h1-9,16,20,24H,10-14H2. The molecule has 2 aromatic carbocycles. The van der Waals surface area contributed by atoms with Crippen LogP contribution in [0.1, 0.15) is 24.5 Å². The van der Waals surface area contributed by atoms with Crippen LogP contribution in [0.3, 0.4) is 0 Å². The molecule has 132 valence electrons. The molecule has 0 aliphatic carbocycles. The Bertz CT molecular complexity index is 685. The van der Waals surface area contributed by atoms with E-state index in [1.807, 2.05) is 35.2 Å². The van der Waals surface area contributed by atoms with Gasteiger partial charge in [0.25, 0.3) is 0 Å². The van der Waals surface area contributed by atoms with Crippen molar-refractivity contribution in [2.75, 3.05) is 18.8 Å². The number of nitrogens with zero attached hydrogens (tertiary/aromatic N) is 1. The van der Waals surface area contributed by atoms with Crippen molar-refractivity contribution in [2.45, 2.75) is 23.8 Å². The Morgan fingerprint density at radius 1 is 1.12 bits per heavy atom. The summed E-state index contributed by atoms with van der Waals surface area (Å²) in [6.45, 7) is 1.36. The van der Waals surface area contributed by atoms with E-state index in [-0.39, 0.29) is 17.6 Å². The minimum Gasteiger partial charge on any atom is -0.388 e. The molecule has 3 nitrogen and oxygen atoms in total. The normalized spacial score (nSPS) is 16.6. The van der Waals surface area contributed by atoms with E-state index in [0.717, 1.165) is 23.3 Å². The highest BCUT2D eigenvalue weighted by atomic mass is 32.2.